The maximum atomic E-state index is 12.2. The van der Waals surface area contributed by atoms with E-state index in [4.69, 9.17) is 9.79 Å². The average molecular weight is 414 g/mol. The van der Waals surface area contributed by atoms with Crippen molar-refractivity contribution in [2.75, 3.05) is 32.5 Å². The van der Waals surface area contributed by atoms with E-state index in [0.717, 1.165) is 16.7 Å². The molecule has 10 nitrogen and oxygen atoms in total. The van der Waals surface area contributed by atoms with Crippen molar-refractivity contribution in [3.8, 4) is 0 Å². The summed E-state index contributed by atoms with van der Waals surface area (Å²) in [5.74, 6) is -0.529. The second-order valence-electron chi connectivity index (χ2n) is 6.35. The number of likely N-dealkylation sites (N-methyl/N-ethyl adjacent to an activating group) is 1. The molecule has 2 amide bonds. The molecule has 0 spiro atoms. The van der Waals surface area contributed by atoms with E-state index in [1.165, 1.54) is 27.8 Å². The third-order valence-electron chi connectivity index (χ3n) is 3.36. The van der Waals surface area contributed by atoms with Gasteiger partial charge in [0.2, 0.25) is 5.91 Å². The number of aliphatic hydroxyl groups excluding tert-OH is 1. The van der Waals surface area contributed by atoms with E-state index in [-0.39, 0.29) is 24.0 Å². The van der Waals surface area contributed by atoms with Crippen LogP contribution in [0.4, 0.5) is 0 Å². The van der Waals surface area contributed by atoms with Crippen LogP contribution in [0, 0.1) is 5.41 Å². The Morgan fingerprint density at radius 1 is 1.31 bits per heavy atom. The molecule has 4 N–H and O–H groups in total. The van der Waals surface area contributed by atoms with Gasteiger partial charge in [-0.05, 0) is 0 Å². The third-order valence-corrected chi connectivity index (χ3v) is 4.64. The number of aliphatic hydroxyl groups is 1. The maximum absolute atomic E-state index is 12.2. The maximum Gasteiger partial charge on any atom is 0.469 e. The molecule has 0 aliphatic heterocycles. The Morgan fingerprint density at radius 3 is 2.38 bits per heavy atom. The van der Waals surface area contributed by atoms with Gasteiger partial charge in [0.1, 0.15) is 6.10 Å². The van der Waals surface area contributed by atoms with Crippen molar-refractivity contribution in [2.45, 2.75) is 33.3 Å². The number of carbonyl (C=O) groups excluding carboxylic acids is 3. The second kappa shape index (κ2) is 11.0. The van der Waals surface area contributed by atoms with Crippen LogP contribution < -0.4 is 5.32 Å². The van der Waals surface area contributed by atoms with E-state index < -0.39 is 31.9 Å². The van der Waals surface area contributed by atoms with E-state index in [0.29, 0.717) is 12.3 Å². The van der Waals surface area contributed by atoms with Crippen molar-refractivity contribution in [3.05, 3.63) is 0 Å². The molecule has 0 aliphatic carbocycles. The number of amides is 2. The van der Waals surface area contributed by atoms with Gasteiger partial charge in [-0.3, -0.25) is 18.9 Å². The van der Waals surface area contributed by atoms with Crippen molar-refractivity contribution in [3.63, 3.8) is 0 Å². The van der Waals surface area contributed by atoms with Crippen LogP contribution in [0.5, 0.6) is 0 Å². The Kier molecular flexibility index (Phi) is 10.6. The van der Waals surface area contributed by atoms with Crippen LogP contribution in [-0.4, -0.2) is 75.3 Å². The van der Waals surface area contributed by atoms with E-state index in [2.05, 4.69) is 9.84 Å². The van der Waals surface area contributed by atoms with Gasteiger partial charge in [-0.25, -0.2) is 4.57 Å². The predicted molar refractivity (Wildman–Crippen MR) is 96.2 cm³/mol. The minimum atomic E-state index is -4.71. The Hall–Kier alpha value is -0.970. The van der Waals surface area contributed by atoms with Crippen LogP contribution in [0.25, 0.3) is 0 Å². The fourth-order valence-electron chi connectivity index (χ4n) is 1.73. The molecule has 0 saturated heterocycles. The van der Waals surface area contributed by atoms with Gasteiger partial charge in [0.15, 0.2) is 5.12 Å². The van der Waals surface area contributed by atoms with Gasteiger partial charge in [-0.1, -0.05) is 25.6 Å². The highest BCUT2D eigenvalue weighted by atomic mass is 32.2. The lowest BCUT2D eigenvalue weighted by atomic mass is 9.87. The molecule has 0 unspecified atom stereocenters. The van der Waals surface area contributed by atoms with Crippen LogP contribution in [0.15, 0.2) is 0 Å². The summed E-state index contributed by atoms with van der Waals surface area (Å²) in [4.78, 5) is 53.3. The van der Waals surface area contributed by atoms with E-state index in [1.807, 2.05) is 0 Å². The number of thioether (sulfide) groups is 1. The molecule has 0 bridgehead atoms. The standard InChI is InChI=1S/C14H27N2O8PS/c1-10(17)26-8-6-15-11(18)5-7-16(4)13(20)12(19)14(2,3)9-24-25(21,22)23/h12,19H,5-9H2,1-4H3,(H,15,18)(H2,21,22,23)/t12-/m0/s1. The Morgan fingerprint density at radius 2 is 1.88 bits per heavy atom. The summed E-state index contributed by atoms with van der Waals surface area (Å²) < 4.78 is 15.1. The van der Waals surface area contributed by atoms with Crippen LogP contribution in [0.3, 0.4) is 0 Å². The molecule has 0 rings (SSSR count). The largest absolute Gasteiger partial charge is 0.469 e. The van der Waals surface area contributed by atoms with E-state index in [1.54, 1.807) is 0 Å². The fourth-order valence-corrected chi connectivity index (χ4v) is 2.72. The first kappa shape index (κ1) is 25.0. The summed E-state index contributed by atoms with van der Waals surface area (Å²) in [5, 5.41) is 12.7. The van der Waals surface area contributed by atoms with Gasteiger partial charge in [0, 0.05) is 44.6 Å². The van der Waals surface area contributed by atoms with Crippen LogP contribution in [-0.2, 0) is 23.5 Å². The highest BCUT2D eigenvalue weighted by Crippen LogP contribution is 2.39. The van der Waals surface area contributed by atoms with Gasteiger partial charge in [0.25, 0.3) is 5.91 Å². The lowest BCUT2D eigenvalue weighted by Crippen LogP contribution is -2.47. The van der Waals surface area contributed by atoms with Gasteiger partial charge in [0.05, 0.1) is 6.61 Å². The zero-order valence-electron chi connectivity index (χ0n) is 15.3. The summed E-state index contributed by atoms with van der Waals surface area (Å²) in [5.41, 5.74) is -1.24. The minimum absolute atomic E-state index is 0.0130. The molecule has 12 heteroatoms. The molecular weight excluding hydrogens is 387 g/mol. The van der Waals surface area contributed by atoms with Crippen molar-refractivity contribution in [2.24, 2.45) is 5.41 Å². The van der Waals surface area contributed by atoms with Crippen LogP contribution in [0.1, 0.15) is 27.2 Å². The van der Waals surface area contributed by atoms with E-state index in [9.17, 15) is 24.1 Å². The lowest BCUT2D eigenvalue weighted by molar-refractivity contribution is -0.147. The van der Waals surface area contributed by atoms with Gasteiger partial charge < -0.3 is 25.1 Å². The first-order valence-electron chi connectivity index (χ1n) is 7.79. The van der Waals surface area contributed by atoms with Crippen molar-refractivity contribution < 1.29 is 38.4 Å². The van der Waals surface area contributed by atoms with E-state index >= 15 is 0 Å². The zero-order chi connectivity index (χ0) is 20.5. The van der Waals surface area contributed by atoms with Gasteiger partial charge >= 0.3 is 7.82 Å². The molecule has 1 atom stereocenters. The van der Waals surface area contributed by atoms with Gasteiger partial charge in [-0.2, -0.15) is 0 Å². The number of hydrogen-bond acceptors (Lipinski definition) is 7. The minimum Gasteiger partial charge on any atom is -0.383 e. The summed E-state index contributed by atoms with van der Waals surface area (Å²) in [6.45, 7) is 4.15. The van der Waals surface area contributed by atoms with Crippen molar-refractivity contribution in [1.82, 2.24) is 10.2 Å². The number of nitrogens with one attached hydrogen (secondary N) is 1. The molecular formula is C14H27N2O8PS. The Bertz CT molecular complexity index is 551. The second-order valence-corrected chi connectivity index (χ2v) is 8.87. The smallest absolute Gasteiger partial charge is 0.383 e. The van der Waals surface area contributed by atoms with Gasteiger partial charge in [-0.15, -0.1) is 0 Å². The Labute approximate surface area is 156 Å². The Balaban J connectivity index is 4.37. The molecule has 152 valence electrons. The molecule has 0 saturated carbocycles. The third kappa shape index (κ3) is 10.9. The molecule has 0 aromatic rings. The predicted octanol–water partition coefficient (Wildman–Crippen LogP) is -0.273. The number of hydrogen-bond donors (Lipinski definition) is 4. The number of phosphoric acid groups is 1. The average Bonchev–Trinajstić information content (AvgIpc) is 2.52. The molecule has 0 radical (unpaired) electrons. The molecule has 0 aromatic heterocycles. The summed E-state index contributed by atoms with van der Waals surface area (Å²) in [7, 11) is -3.31. The highest BCUT2D eigenvalue weighted by molar-refractivity contribution is 8.13. The quantitative estimate of drug-likeness (QED) is 0.264. The normalized spacial score (nSPS) is 13.2. The topological polar surface area (TPSA) is 153 Å². The molecule has 0 heterocycles. The first-order valence-corrected chi connectivity index (χ1v) is 10.3. The number of rotatable bonds is 11. The molecule has 0 fully saturated rings. The SMILES string of the molecule is CC(=O)SCCNC(=O)CCN(C)C(=O)[C@H](O)C(C)(C)COP(=O)(O)O. The molecule has 0 aromatic carbocycles. The highest BCUT2D eigenvalue weighted by Gasteiger charge is 2.37. The summed E-state index contributed by atoms with van der Waals surface area (Å²) >= 11 is 1.10. The lowest BCUT2D eigenvalue weighted by Gasteiger charge is -2.32. The van der Waals surface area contributed by atoms with Crippen LogP contribution in [0.2, 0.25) is 0 Å². The van der Waals surface area contributed by atoms with Crippen LogP contribution >= 0.6 is 19.6 Å². The fraction of sp³-hybridized carbons (Fsp3) is 0.786. The number of nitrogens with zero attached hydrogens (tertiary/aromatic N) is 1. The summed E-state index contributed by atoms with van der Waals surface area (Å²) in [6.07, 6.45) is -1.55. The van der Waals surface area contributed by atoms with Crippen molar-refractivity contribution in [1.29, 1.82) is 0 Å². The number of phosphoric ester groups is 1. The number of carbonyl (C=O) groups is 3. The first-order chi connectivity index (χ1) is 11.8. The van der Waals surface area contributed by atoms with Crippen molar-refractivity contribution >= 4 is 36.5 Å². The monoisotopic (exact) mass is 414 g/mol. The summed E-state index contributed by atoms with van der Waals surface area (Å²) in [6, 6.07) is 0. The zero-order valence-corrected chi connectivity index (χ0v) is 17.0. The molecule has 0 aliphatic rings. The molecule has 26 heavy (non-hydrogen) atoms.